The zero-order valence-corrected chi connectivity index (χ0v) is 9.58. The number of hydroxylamine groups is 2. The number of nitrogens with zero attached hydrogens (tertiary/aromatic N) is 1. The van der Waals surface area contributed by atoms with Crippen molar-refractivity contribution in [3.63, 3.8) is 0 Å². The lowest BCUT2D eigenvalue weighted by molar-refractivity contribution is -0.163. The number of hydrogen-bond acceptors (Lipinski definition) is 3. The zero-order valence-electron chi connectivity index (χ0n) is 8.77. The van der Waals surface area contributed by atoms with E-state index in [0.717, 1.165) is 9.96 Å². The summed E-state index contributed by atoms with van der Waals surface area (Å²) < 4.78 is 0. The standard InChI is InChI=1S/C11H13NO2S/c1-9(11(13)12(2)14-3)15-10-7-5-4-6-8-10/h4-8H,1H2,2-3H3. The summed E-state index contributed by atoms with van der Waals surface area (Å²) in [6.45, 7) is 3.71. The average molecular weight is 223 g/mol. The van der Waals surface area contributed by atoms with E-state index in [0.29, 0.717) is 4.91 Å². The highest BCUT2D eigenvalue weighted by Gasteiger charge is 2.13. The van der Waals surface area contributed by atoms with E-state index in [-0.39, 0.29) is 5.91 Å². The number of carbonyl (C=O) groups is 1. The fourth-order valence-electron chi connectivity index (χ4n) is 0.933. The second-order valence-electron chi connectivity index (χ2n) is 2.82. The van der Waals surface area contributed by atoms with Crippen LogP contribution >= 0.6 is 11.8 Å². The van der Waals surface area contributed by atoms with E-state index in [1.807, 2.05) is 30.3 Å². The monoisotopic (exact) mass is 223 g/mol. The summed E-state index contributed by atoms with van der Waals surface area (Å²) in [7, 11) is 3.00. The van der Waals surface area contributed by atoms with Crippen LogP contribution in [0.15, 0.2) is 46.7 Å². The maximum atomic E-state index is 11.6. The quantitative estimate of drug-likeness (QED) is 0.445. The first-order valence-corrected chi connectivity index (χ1v) is 5.20. The number of amides is 1. The van der Waals surface area contributed by atoms with Crippen LogP contribution < -0.4 is 0 Å². The van der Waals surface area contributed by atoms with Crippen LogP contribution in [0.2, 0.25) is 0 Å². The molecule has 1 rings (SSSR count). The molecule has 0 saturated heterocycles. The van der Waals surface area contributed by atoms with Crippen molar-refractivity contribution in [1.29, 1.82) is 0 Å². The van der Waals surface area contributed by atoms with Crippen molar-refractivity contribution >= 4 is 17.7 Å². The molecule has 0 saturated carbocycles. The van der Waals surface area contributed by atoms with Crippen molar-refractivity contribution < 1.29 is 9.63 Å². The second-order valence-corrected chi connectivity index (χ2v) is 3.99. The number of benzene rings is 1. The molecule has 0 fully saturated rings. The highest BCUT2D eigenvalue weighted by molar-refractivity contribution is 8.04. The van der Waals surface area contributed by atoms with Gasteiger partial charge in [-0.25, -0.2) is 5.06 Å². The summed E-state index contributed by atoms with van der Waals surface area (Å²) in [5, 5.41) is 1.15. The van der Waals surface area contributed by atoms with E-state index < -0.39 is 0 Å². The van der Waals surface area contributed by atoms with Crippen LogP contribution in [0.4, 0.5) is 0 Å². The Labute approximate surface area is 93.7 Å². The van der Waals surface area contributed by atoms with Crippen LogP contribution in [0.5, 0.6) is 0 Å². The van der Waals surface area contributed by atoms with Crippen LogP contribution in [0.25, 0.3) is 0 Å². The summed E-state index contributed by atoms with van der Waals surface area (Å²) in [5.74, 6) is -0.230. The Kier molecular flexibility index (Phi) is 4.39. The summed E-state index contributed by atoms with van der Waals surface area (Å²) >= 11 is 1.33. The molecule has 3 nitrogen and oxygen atoms in total. The van der Waals surface area contributed by atoms with E-state index >= 15 is 0 Å². The molecule has 1 amide bonds. The summed E-state index contributed by atoms with van der Waals surface area (Å²) in [6.07, 6.45) is 0. The van der Waals surface area contributed by atoms with Crippen molar-refractivity contribution in [3.8, 4) is 0 Å². The van der Waals surface area contributed by atoms with Gasteiger partial charge in [0, 0.05) is 11.9 Å². The Balaban J connectivity index is 2.60. The van der Waals surface area contributed by atoms with Crippen LogP contribution in [-0.2, 0) is 9.63 Å². The van der Waals surface area contributed by atoms with Crippen molar-refractivity contribution in [1.82, 2.24) is 5.06 Å². The largest absolute Gasteiger partial charge is 0.283 e. The second kappa shape index (κ2) is 5.58. The lowest BCUT2D eigenvalue weighted by atomic mass is 10.4. The third-order valence-corrected chi connectivity index (χ3v) is 2.71. The Morgan fingerprint density at radius 2 is 2.00 bits per heavy atom. The van der Waals surface area contributed by atoms with Crippen LogP contribution in [0, 0.1) is 0 Å². The van der Waals surface area contributed by atoms with Gasteiger partial charge in [0.1, 0.15) is 0 Å². The predicted molar refractivity (Wildman–Crippen MR) is 61.2 cm³/mol. The zero-order chi connectivity index (χ0) is 11.3. The maximum Gasteiger partial charge on any atom is 0.283 e. The van der Waals surface area contributed by atoms with Crippen molar-refractivity contribution in [3.05, 3.63) is 41.8 Å². The van der Waals surface area contributed by atoms with Crippen molar-refractivity contribution in [2.24, 2.45) is 0 Å². The van der Waals surface area contributed by atoms with Gasteiger partial charge >= 0.3 is 0 Å². The van der Waals surface area contributed by atoms with Gasteiger partial charge in [0.05, 0.1) is 12.0 Å². The molecule has 0 bridgehead atoms. The van der Waals surface area contributed by atoms with Crippen LogP contribution in [0.1, 0.15) is 0 Å². The van der Waals surface area contributed by atoms with Gasteiger partial charge < -0.3 is 0 Å². The van der Waals surface area contributed by atoms with Gasteiger partial charge in [0.2, 0.25) is 0 Å². The predicted octanol–water partition coefficient (Wildman–Crippen LogP) is 2.31. The molecule has 80 valence electrons. The third kappa shape index (κ3) is 3.42. The number of carbonyl (C=O) groups excluding carboxylic acids is 1. The fourth-order valence-corrected chi connectivity index (χ4v) is 1.73. The van der Waals surface area contributed by atoms with E-state index in [2.05, 4.69) is 6.58 Å². The van der Waals surface area contributed by atoms with Gasteiger partial charge in [-0.05, 0) is 12.1 Å². The number of likely N-dealkylation sites (N-methyl/N-ethyl adjacent to an activating group) is 1. The minimum absolute atomic E-state index is 0.230. The molecule has 0 aliphatic heterocycles. The van der Waals surface area contributed by atoms with Crippen molar-refractivity contribution in [2.45, 2.75) is 4.90 Å². The molecule has 0 heterocycles. The molecule has 0 aliphatic rings. The smallest absolute Gasteiger partial charge is 0.274 e. The van der Waals surface area contributed by atoms with E-state index in [9.17, 15) is 4.79 Å². The molecule has 4 heteroatoms. The molecular weight excluding hydrogens is 210 g/mol. The molecule has 1 aromatic carbocycles. The van der Waals surface area contributed by atoms with Gasteiger partial charge in [-0.3, -0.25) is 9.63 Å². The highest BCUT2D eigenvalue weighted by atomic mass is 32.2. The molecule has 1 aromatic rings. The first kappa shape index (κ1) is 11.8. The van der Waals surface area contributed by atoms with Crippen molar-refractivity contribution in [2.75, 3.05) is 14.2 Å². The topological polar surface area (TPSA) is 29.5 Å². The third-order valence-electron chi connectivity index (χ3n) is 1.78. The molecule has 15 heavy (non-hydrogen) atoms. The lowest BCUT2D eigenvalue weighted by Gasteiger charge is -2.14. The molecule has 0 atom stereocenters. The average Bonchev–Trinajstić information content (AvgIpc) is 2.28. The summed E-state index contributed by atoms with van der Waals surface area (Å²) in [4.78, 5) is 17.8. The molecule has 0 N–H and O–H groups in total. The Bertz CT molecular complexity index is 351. The van der Waals surface area contributed by atoms with E-state index in [1.165, 1.54) is 18.9 Å². The van der Waals surface area contributed by atoms with Gasteiger partial charge in [-0.2, -0.15) is 0 Å². The number of hydrogen-bond donors (Lipinski definition) is 0. The van der Waals surface area contributed by atoms with Gasteiger partial charge in [-0.15, -0.1) is 0 Å². The fraction of sp³-hybridized carbons (Fsp3) is 0.182. The Hall–Kier alpha value is -1.26. The number of thioether (sulfide) groups is 1. The number of rotatable bonds is 4. The molecular formula is C11H13NO2S. The highest BCUT2D eigenvalue weighted by Crippen LogP contribution is 2.25. The molecule has 0 radical (unpaired) electrons. The van der Waals surface area contributed by atoms with Crippen LogP contribution in [0.3, 0.4) is 0 Å². The Morgan fingerprint density at radius 1 is 1.40 bits per heavy atom. The van der Waals surface area contributed by atoms with Gasteiger partial charge in [0.25, 0.3) is 5.91 Å². The van der Waals surface area contributed by atoms with E-state index in [1.54, 1.807) is 7.05 Å². The minimum Gasteiger partial charge on any atom is -0.274 e. The lowest BCUT2D eigenvalue weighted by Crippen LogP contribution is -2.25. The van der Waals surface area contributed by atoms with E-state index in [4.69, 9.17) is 4.84 Å². The van der Waals surface area contributed by atoms with Crippen LogP contribution in [-0.4, -0.2) is 25.1 Å². The van der Waals surface area contributed by atoms with Gasteiger partial charge in [0.15, 0.2) is 0 Å². The SMILES string of the molecule is C=C(Sc1ccccc1)C(=O)N(C)OC. The minimum atomic E-state index is -0.230. The first-order valence-electron chi connectivity index (χ1n) is 4.39. The summed E-state index contributed by atoms with van der Waals surface area (Å²) in [5.41, 5.74) is 0. The van der Waals surface area contributed by atoms with Gasteiger partial charge in [-0.1, -0.05) is 36.5 Å². The first-order chi connectivity index (χ1) is 7.15. The molecule has 0 spiro atoms. The maximum absolute atomic E-state index is 11.6. The molecule has 0 aromatic heterocycles. The normalized spacial score (nSPS) is 9.73. The molecule has 0 unspecified atom stereocenters. The molecule has 0 aliphatic carbocycles. The Morgan fingerprint density at radius 3 is 2.53 bits per heavy atom. The summed E-state index contributed by atoms with van der Waals surface area (Å²) in [6, 6.07) is 9.61.